The molecule has 1 N–H and O–H groups in total. The summed E-state index contributed by atoms with van der Waals surface area (Å²) < 4.78 is 22.4. The summed E-state index contributed by atoms with van der Waals surface area (Å²) in [7, 11) is -2.90. The molecule has 0 aliphatic rings. The van der Waals surface area contributed by atoms with Crippen molar-refractivity contribution >= 4 is 21.6 Å². The van der Waals surface area contributed by atoms with Crippen molar-refractivity contribution in [3.63, 3.8) is 0 Å². The van der Waals surface area contributed by atoms with Crippen LogP contribution in [0.25, 0.3) is 0 Å². The molecular weight excluding hydrogens is 232 g/mol. The summed E-state index contributed by atoms with van der Waals surface area (Å²) in [6.45, 7) is 1.64. The van der Waals surface area contributed by atoms with E-state index in [4.69, 9.17) is 0 Å². The number of benzene rings is 1. The summed E-state index contributed by atoms with van der Waals surface area (Å²) in [6.07, 6.45) is 0. The van der Waals surface area contributed by atoms with Gasteiger partial charge in [-0.25, -0.2) is 8.42 Å². The lowest BCUT2D eigenvalue weighted by molar-refractivity contribution is 0.462. The minimum Gasteiger partial charge on any atom is -0.507 e. The van der Waals surface area contributed by atoms with Crippen molar-refractivity contribution in [1.82, 2.24) is 0 Å². The van der Waals surface area contributed by atoms with E-state index in [1.165, 1.54) is 11.8 Å². The molecule has 0 aromatic heterocycles. The predicted molar refractivity (Wildman–Crippen MR) is 63.2 cm³/mol. The van der Waals surface area contributed by atoms with Crippen LogP contribution in [0.5, 0.6) is 5.75 Å². The van der Waals surface area contributed by atoms with E-state index in [0.717, 1.165) is 4.90 Å². The van der Waals surface area contributed by atoms with Gasteiger partial charge in [-0.05, 0) is 12.1 Å². The molecule has 0 bridgehead atoms. The van der Waals surface area contributed by atoms with Gasteiger partial charge in [0, 0.05) is 16.4 Å². The number of hydrogen-bond acceptors (Lipinski definition) is 4. The Morgan fingerprint density at radius 2 is 2.00 bits per heavy atom. The zero-order chi connectivity index (χ0) is 11.3. The number of thioether (sulfide) groups is 1. The number of para-hydroxylation sites is 1. The molecule has 15 heavy (non-hydrogen) atoms. The monoisotopic (exact) mass is 246 g/mol. The van der Waals surface area contributed by atoms with Crippen LogP contribution in [-0.4, -0.2) is 30.8 Å². The number of rotatable bonds is 5. The largest absolute Gasteiger partial charge is 0.507 e. The van der Waals surface area contributed by atoms with E-state index in [2.05, 4.69) is 0 Å². The average Bonchev–Trinajstić information content (AvgIpc) is 2.21. The highest BCUT2D eigenvalue weighted by Gasteiger charge is 2.08. The van der Waals surface area contributed by atoms with Gasteiger partial charge in [0.1, 0.15) is 5.75 Å². The Morgan fingerprint density at radius 1 is 1.33 bits per heavy atom. The van der Waals surface area contributed by atoms with Crippen molar-refractivity contribution in [2.24, 2.45) is 0 Å². The highest BCUT2D eigenvalue weighted by Crippen LogP contribution is 2.27. The van der Waals surface area contributed by atoms with E-state index in [1.807, 2.05) is 6.07 Å². The minimum absolute atomic E-state index is 0.155. The van der Waals surface area contributed by atoms with Crippen molar-refractivity contribution in [2.75, 3.05) is 17.3 Å². The first-order valence-corrected chi connectivity index (χ1v) is 7.47. The quantitative estimate of drug-likeness (QED) is 0.806. The summed E-state index contributed by atoms with van der Waals surface area (Å²) in [5, 5.41) is 9.43. The zero-order valence-electron chi connectivity index (χ0n) is 8.51. The molecule has 0 saturated carbocycles. The second-order valence-electron chi connectivity index (χ2n) is 3.05. The van der Waals surface area contributed by atoms with E-state index in [-0.39, 0.29) is 17.3 Å². The first kappa shape index (κ1) is 12.4. The molecule has 5 heteroatoms. The van der Waals surface area contributed by atoms with Crippen molar-refractivity contribution in [2.45, 2.75) is 11.8 Å². The predicted octanol–water partition coefficient (Wildman–Crippen LogP) is 1.92. The van der Waals surface area contributed by atoms with Crippen LogP contribution >= 0.6 is 11.8 Å². The third-order valence-corrected chi connectivity index (χ3v) is 4.99. The second-order valence-corrected chi connectivity index (χ2v) is 6.66. The molecule has 0 heterocycles. The van der Waals surface area contributed by atoms with Crippen LogP contribution in [0.15, 0.2) is 29.2 Å². The molecule has 1 aromatic rings. The first-order chi connectivity index (χ1) is 7.05. The number of phenolic OH excluding ortho intramolecular Hbond substituents is 1. The van der Waals surface area contributed by atoms with Crippen LogP contribution < -0.4 is 0 Å². The highest BCUT2D eigenvalue weighted by atomic mass is 32.2. The standard InChI is InChI=1S/C10H14O3S2/c1-2-15(12,13)8-7-14-10-6-4-3-5-9(10)11/h3-6,11H,2,7-8H2,1H3. The van der Waals surface area contributed by atoms with Crippen LogP contribution in [-0.2, 0) is 9.84 Å². The molecule has 0 saturated heterocycles. The molecule has 0 unspecified atom stereocenters. The fourth-order valence-electron chi connectivity index (χ4n) is 1.00. The summed E-state index contributed by atoms with van der Waals surface area (Å²) in [6, 6.07) is 6.92. The SMILES string of the molecule is CCS(=O)(=O)CCSc1ccccc1O. The number of hydrogen-bond donors (Lipinski definition) is 1. The molecule has 84 valence electrons. The lowest BCUT2D eigenvalue weighted by atomic mass is 10.3. The van der Waals surface area contributed by atoms with E-state index in [1.54, 1.807) is 25.1 Å². The van der Waals surface area contributed by atoms with Gasteiger partial charge in [0.15, 0.2) is 9.84 Å². The first-order valence-electron chi connectivity index (χ1n) is 4.66. The summed E-state index contributed by atoms with van der Waals surface area (Å²) >= 11 is 1.36. The Labute approximate surface area is 94.4 Å². The van der Waals surface area contributed by atoms with E-state index in [0.29, 0.717) is 5.75 Å². The highest BCUT2D eigenvalue weighted by molar-refractivity contribution is 8.00. The van der Waals surface area contributed by atoms with Crippen molar-refractivity contribution in [1.29, 1.82) is 0 Å². The Kier molecular flexibility index (Phi) is 4.47. The second kappa shape index (κ2) is 5.42. The molecule has 0 aliphatic heterocycles. The molecule has 1 aromatic carbocycles. The molecule has 0 radical (unpaired) electrons. The van der Waals surface area contributed by atoms with Crippen LogP contribution in [0.1, 0.15) is 6.92 Å². The fourth-order valence-corrected chi connectivity index (χ4v) is 3.25. The zero-order valence-corrected chi connectivity index (χ0v) is 10.1. The molecular formula is C10H14O3S2. The van der Waals surface area contributed by atoms with E-state index >= 15 is 0 Å². The fraction of sp³-hybridized carbons (Fsp3) is 0.400. The maximum atomic E-state index is 11.2. The number of sulfone groups is 1. The van der Waals surface area contributed by atoms with Gasteiger partial charge in [-0.2, -0.15) is 0 Å². The van der Waals surface area contributed by atoms with Crippen LogP contribution in [0.3, 0.4) is 0 Å². The number of phenols is 1. The Hall–Kier alpha value is -0.680. The van der Waals surface area contributed by atoms with Gasteiger partial charge in [-0.1, -0.05) is 19.1 Å². The lowest BCUT2D eigenvalue weighted by Crippen LogP contribution is -2.10. The normalized spacial score (nSPS) is 11.5. The molecule has 0 spiro atoms. The van der Waals surface area contributed by atoms with Gasteiger partial charge in [-0.3, -0.25) is 0 Å². The van der Waals surface area contributed by atoms with Gasteiger partial charge < -0.3 is 5.11 Å². The van der Waals surface area contributed by atoms with Gasteiger partial charge in [-0.15, -0.1) is 11.8 Å². The van der Waals surface area contributed by atoms with Crippen LogP contribution in [0.2, 0.25) is 0 Å². The third kappa shape index (κ3) is 4.13. The Bertz CT molecular complexity index is 412. The van der Waals surface area contributed by atoms with E-state index < -0.39 is 9.84 Å². The van der Waals surface area contributed by atoms with E-state index in [9.17, 15) is 13.5 Å². The Balaban J connectivity index is 2.49. The number of aromatic hydroxyl groups is 1. The molecule has 0 atom stereocenters. The average molecular weight is 246 g/mol. The summed E-state index contributed by atoms with van der Waals surface area (Å²) in [4.78, 5) is 0.726. The van der Waals surface area contributed by atoms with Crippen molar-refractivity contribution in [3.05, 3.63) is 24.3 Å². The van der Waals surface area contributed by atoms with Gasteiger partial charge in [0.2, 0.25) is 0 Å². The smallest absolute Gasteiger partial charge is 0.150 e. The Morgan fingerprint density at radius 3 is 2.60 bits per heavy atom. The molecule has 0 fully saturated rings. The van der Waals surface area contributed by atoms with Gasteiger partial charge >= 0.3 is 0 Å². The van der Waals surface area contributed by atoms with Gasteiger partial charge in [0.25, 0.3) is 0 Å². The molecule has 1 rings (SSSR count). The molecule has 3 nitrogen and oxygen atoms in total. The maximum absolute atomic E-state index is 11.2. The summed E-state index contributed by atoms with van der Waals surface area (Å²) in [5.41, 5.74) is 0. The molecule has 0 aliphatic carbocycles. The molecule has 0 amide bonds. The maximum Gasteiger partial charge on any atom is 0.150 e. The third-order valence-electron chi connectivity index (χ3n) is 1.96. The van der Waals surface area contributed by atoms with Gasteiger partial charge in [0.05, 0.1) is 5.75 Å². The lowest BCUT2D eigenvalue weighted by Gasteiger charge is -2.03. The topological polar surface area (TPSA) is 54.4 Å². The van der Waals surface area contributed by atoms with Crippen LogP contribution in [0.4, 0.5) is 0 Å². The summed E-state index contributed by atoms with van der Waals surface area (Å²) in [5.74, 6) is 1.02. The van der Waals surface area contributed by atoms with Crippen LogP contribution in [0, 0.1) is 0 Å². The van der Waals surface area contributed by atoms with Crippen molar-refractivity contribution < 1.29 is 13.5 Å². The van der Waals surface area contributed by atoms with Crippen molar-refractivity contribution in [3.8, 4) is 5.75 Å². The minimum atomic E-state index is -2.90.